The van der Waals surface area contributed by atoms with Gasteiger partial charge in [-0.05, 0) is 24.2 Å². The van der Waals surface area contributed by atoms with E-state index in [0.717, 1.165) is 13.0 Å². The average molecular weight is 170 g/mol. The van der Waals surface area contributed by atoms with Crippen molar-refractivity contribution in [3.8, 4) is 0 Å². The number of aliphatic hydroxyl groups excluding tert-OH is 1. The molecule has 0 amide bonds. The second-order valence-electron chi connectivity index (χ2n) is 3.94. The van der Waals surface area contributed by atoms with E-state index < -0.39 is 0 Å². The lowest BCUT2D eigenvalue weighted by Gasteiger charge is -2.27. The van der Waals surface area contributed by atoms with Crippen molar-refractivity contribution in [2.75, 3.05) is 7.11 Å². The van der Waals surface area contributed by atoms with Crippen molar-refractivity contribution in [3.05, 3.63) is 11.6 Å². The van der Waals surface area contributed by atoms with Crippen LogP contribution in [0.2, 0.25) is 0 Å². The SMILES string of the molecule is CCC1=CCC(C)C1(C)C.CO. The van der Waals surface area contributed by atoms with E-state index in [1.807, 2.05) is 0 Å². The van der Waals surface area contributed by atoms with Crippen molar-refractivity contribution in [2.24, 2.45) is 11.3 Å². The summed E-state index contributed by atoms with van der Waals surface area (Å²) in [5, 5.41) is 7.00. The fourth-order valence-corrected chi connectivity index (χ4v) is 1.79. The van der Waals surface area contributed by atoms with Gasteiger partial charge in [-0.3, -0.25) is 0 Å². The van der Waals surface area contributed by atoms with Crippen LogP contribution in [0.1, 0.15) is 40.5 Å². The van der Waals surface area contributed by atoms with Gasteiger partial charge in [0.05, 0.1) is 0 Å². The molecule has 1 aliphatic rings. The maximum Gasteiger partial charge on any atom is 0.0319 e. The molecule has 1 N–H and O–H groups in total. The molecule has 0 radical (unpaired) electrons. The molecule has 1 heteroatoms. The number of hydrogen-bond donors (Lipinski definition) is 1. The molecule has 1 unspecified atom stereocenters. The van der Waals surface area contributed by atoms with Crippen LogP contribution in [0.25, 0.3) is 0 Å². The van der Waals surface area contributed by atoms with Crippen LogP contribution >= 0.6 is 0 Å². The topological polar surface area (TPSA) is 20.2 Å². The van der Waals surface area contributed by atoms with Crippen LogP contribution in [0.3, 0.4) is 0 Å². The summed E-state index contributed by atoms with van der Waals surface area (Å²) >= 11 is 0. The van der Waals surface area contributed by atoms with Crippen molar-refractivity contribution in [3.63, 3.8) is 0 Å². The fraction of sp³-hybridized carbons (Fsp3) is 0.818. The Bertz CT molecular complexity index is 156. The summed E-state index contributed by atoms with van der Waals surface area (Å²) in [5.41, 5.74) is 2.13. The molecule has 0 aromatic rings. The summed E-state index contributed by atoms with van der Waals surface area (Å²) in [6, 6.07) is 0. The zero-order valence-electron chi connectivity index (χ0n) is 9.02. The molecule has 72 valence electrons. The van der Waals surface area contributed by atoms with Gasteiger partial charge in [0.2, 0.25) is 0 Å². The van der Waals surface area contributed by atoms with Crippen molar-refractivity contribution in [1.29, 1.82) is 0 Å². The first-order valence-electron chi connectivity index (χ1n) is 4.73. The van der Waals surface area contributed by atoms with Crippen LogP contribution in [0, 0.1) is 11.3 Å². The van der Waals surface area contributed by atoms with Crippen molar-refractivity contribution in [2.45, 2.75) is 40.5 Å². The maximum atomic E-state index is 7.00. The lowest BCUT2D eigenvalue weighted by atomic mass is 9.77. The zero-order chi connectivity index (χ0) is 9.78. The Morgan fingerprint density at radius 2 is 2.00 bits per heavy atom. The normalized spacial score (nSPS) is 25.8. The van der Waals surface area contributed by atoms with E-state index in [4.69, 9.17) is 5.11 Å². The van der Waals surface area contributed by atoms with Crippen molar-refractivity contribution >= 4 is 0 Å². The van der Waals surface area contributed by atoms with Gasteiger partial charge in [-0.25, -0.2) is 0 Å². The van der Waals surface area contributed by atoms with Gasteiger partial charge in [-0.15, -0.1) is 0 Å². The molecule has 1 atom stereocenters. The van der Waals surface area contributed by atoms with E-state index in [1.54, 1.807) is 5.57 Å². The average Bonchev–Trinajstić information content (AvgIpc) is 2.31. The Kier molecular flexibility index (Phi) is 4.54. The molecule has 12 heavy (non-hydrogen) atoms. The largest absolute Gasteiger partial charge is 0.400 e. The first-order valence-corrected chi connectivity index (χ1v) is 4.73. The summed E-state index contributed by atoms with van der Waals surface area (Å²) in [5.74, 6) is 0.849. The molecule has 0 heterocycles. The number of hydrogen-bond acceptors (Lipinski definition) is 1. The van der Waals surface area contributed by atoms with Gasteiger partial charge in [0, 0.05) is 7.11 Å². The van der Waals surface area contributed by atoms with Gasteiger partial charge in [0.1, 0.15) is 0 Å². The lowest BCUT2D eigenvalue weighted by Crippen LogP contribution is -2.18. The van der Waals surface area contributed by atoms with Crippen LogP contribution < -0.4 is 0 Å². The number of allylic oxidation sites excluding steroid dienone is 2. The maximum absolute atomic E-state index is 7.00. The molecule has 0 aromatic heterocycles. The van der Waals surface area contributed by atoms with Crippen LogP contribution in [-0.2, 0) is 0 Å². The second kappa shape index (κ2) is 4.66. The first kappa shape index (κ1) is 11.7. The van der Waals surface area contributed by atoms with Gasteiger partial charge >= 0.3 is 0 Å². The summed E-state index contributed by atoms with van der Waals surface area (Å²) in [6.45, 7) is 9.32. The van der Waals surface area contributed by atoms with Crippen LogP contribution in [0.5, 0.6) is 0 Å². The lowest BCUT2D eigenvalue weighted by molar-refractivity contribution is 0.311. The highest BCUT2D eigenvalue weighted by atomic mass is 16.2. The molecule has 0 saturated carbocycles. The van der Waals surface area contributed by atoms with E-state index in [0.29, 0.717) is 5.41 Å². The second-order valence-corrected chi connectivity index (χ2v) is 3.94. The molecule has 1 nitrogen and oxygen atoms in total. The minimum Gasteiger partial charge on any atom is -0.400 e. The summed E-state index contributed by atoms with van der Waals surface area (Å²) in [4.78, 5) is 0. The van der Waals surface area contributed by atoms with Crippen molar-refractivity contribution in [1.82, 2.24) is 0 Å². The van der Waals surface area contributed by atoms with Crippen LogP contribution in [0.4, 0.5) is 0 Å². The van der Waals surface area contributed by atoms with Crippen molar-refractivity contribution < 1.29 is 5.11 Å². The standard InChI is InChI=1S/C10H18.CH4O/c1-5-9-7-6-8(2)10(9,3)4;1-2/h7-8H,5-6H2,1-4H3;2H,1H3. The predicted molar refractivity (Wildman–Crippen MR) is 54.1 cm³/mol. The highest BCUT2D eigenvalue weighted by molar-refractivity contribution is 5.19. The summed E-state index contributed by atoms with van der Waals surface area (Å²) in [7, 11) is 1.00. The minimum absolute atomic E-state index is 0.481. The summed E-state index contributed by atoms with van der Waals surface area (Å²) in [6.07, 6.45) is 4.94. The Labute approximate surface area is 76.5 Å². The zero-order valence-corrected chi connectivity index (χ0v) is 9.02. The van der Waals surface area contributed by atoms with E-state index in [2.05, 4.69) is 33.8 Å². The third-order valence-electron chi connectivity index (χ3n) is 3.16. The third-order valence-corrected chi connectivity index (χ3v) is 3.16. The van der Waals surface area contributed by atoms with E-state index >= 15 is 0 Å². The first-order chi connectivity index (χ1) is 5.59. The number of aliphatic hydroxyl groups is 1. The molecule has 0 fully saturated rings. The predicted octanol–water partition coefficient (Wildman–Crippen LogP) is 3.00. The highest BCUT2D eigenvalue weighted by Crippen LogP contribution is 2.43. The monoisotopic (exact) mass is 170 g/mol. The Morgan fingerprint density at radius 3 is 2.17 bits per heavy atom. The molecule has 0 aromatic carbocycles. The van der Waals surface area contributed by atoms with Gasteiger partial charge in [-0.1, -0.05) is 39.3 Å². The number of rotatable bonds is 1. The van der Waals surface area contributed by atoms with Crippen LogP contribution in [0.15, 0.2) is 11.6 Å². The smallest absolute Gasteiger partial charge is 0.0319 e. The Balaban J connectivity index is 0.000000561. The summed E-state index contributed by atoms with van der Waals surface area (Å²) < 4.78 is 0. The van der Waals surface area contributed by atoms with Gasteiger partial charge in [0.25, 0.3) is 0 Å². The molecule has 1 rings (SSSR count). The minimum atomic E-state index is 0.481. The quantitative estimate of drug-likeness (QED) is 0.600. The van der Waals surface area contributed by atoms with Gasteiger partial charge < -0.3 is 5.11 Å². The fourth-order valence-electron chi connectivity index (χ4n) is 1.79. The molecule has 1 aliphatic carbocycles. The van der Waals surface area contributed by atoms with E-state index in [-0.39, 0.29) is 0 Å². The molecule has 0 aliphatic heterocycles. The Morgan fingerprint density at radius 1 is 1.50 bits per heavy atom. The van der Waals surface area contributed by atoms with Gasteiger partial charge in [0.15, 0.2) is 0 Å². The highest BCUT2D eigenvalue weighted by Gasteiger charge is 2.32. The molecular weight excluding hydrogens is 148 g/mol. The van der Waals surface area contributed by atoms with E-state index in [1.165, 1.54) is 12.8 Å². The molecule has 0 spiro atoms. The van der Waals surface area contributed by atoms with E-state index in [9.17, 15) is 0 Å². The Hall–Kier alpha value is -0.300. The molecule has 0 saturated heterocycles. The van der Waals surface area contributed by atoms with Gasteiger partial charge in [-0.2, -0.15) is 0 Å². The third kappa shape index (κ3) is 2.10. The molecular formula is C11H22O. The molecule has 0 bridgehead atoms. The van der Waals surface area contributed by atoms with Crippen LogP contribution in [-0.4, -0.2) is 12.2 Å².